The summed E-state index contributed by atoms with van der Waals surface area (Å²) in [6.45, 7) is 3.84. The Hall–Kier alpha value is -2.92. The van der Waals surface area contributed by atoms with E-state index in [-0.39, 0.29) is 24.7 Å². The number of hydroxylamine groups is 1. The fourth-order valence-corrected chi connectivity index (χ4v) is 2.75. The maximum atomic E-state index is 12.7. The molecule has 0 radical (unpaired) electrons. The number of rotatable bonds is 9. The van der Waals surface area contributed by atoms with Crippen molar-refractivity contribution in [3.8, 4) is 6.07 Å². The number of benzene rings is 1. The molecule has 0 fully saturated rings. The Balaban J connectivity index is 2.91. The van der Waals surface area contributed by atoms with E-state index in [9.17, 15) is 14.4 Å². The molecular formula is C19H26N4O4. The summed E-state index contributed by atoms with van der Waals surface area (Å²) in [5, 5.41) is 22.8. The van der Waals surface area contributed by atoms with Gasteiger partial charge in [0.2, 0.25) is 17.7 Å². The molecule has 0 aliphatic heterocycles. The van der Waals surface area contributed by atoms with Crippen molar-refractivity contribution >= 4 is 17.7 Å². The summed E-state index contributed by atoms with van der Waals surface area (Å²) >= 11 is 0. The minimum Gasteiger partial charge on any atom is -0.357 e. The minimum atomic E-state index is -0.817. The lowest BCUT2D eigenvalue weighted by Crippen LogP contribution is -2.49. The van der Waals surface area contributed by atoms with Crippen LogP contribution in [0.4, 0.5) is 0 Å². The Labute approximate surface area is 158 Å². The maximum Gasteiger partial charge on any atom is 0.244 e. The van der Waals surface area contributed by atoms with E-state index in [1.54, 1.807) is 24.3 Å². The van der Waals surface area contributed by atoms with Crippen LogP contribution in [0.3, 0.4) is 0 Å². The van der Waals surface area contributed by atoms with Gasteiger partial charge in [-0.25, -0.2) is 5.48 Å². The highest BCUT2D eigenvalue weighted by Crippen LogP contribution is 2.17. The number of carbonyl (C=O) groups excluding carboxylic acids is 3. The van der Waals surface area contributed by atoms with Crippen LogP contribution in [0, 0.1) is 23.2 Å². The van der Waals surface area contributed by atoms with Gasteiger partial charge in [0, 0.05) is 25.8 Å². The van der Waals surface area contributed by atoms with Gasteiger partial charge in [-0.15, -0.1) is 0 Å². The average molecular weight is 374 g/mol. The first-order chi connectivity index (χ1) is 12.8. The normalized spacial score (nSPS) is 12.6. The molecule has 27 heavy (non-hydrogen) atoms. The van der Waals surface area contributed by atoms with Crippen LogP contribution in [0.1, 0.15) is 37.8 Å². The van der Waals surface area contributed by atoms with Crippen molar-refractivity contribution in [3.05, 3.63) is 35.4 Å². The Morgan fingerprint density at radius 1 is 1.15 bits per heavy atom. The third kappa shape index (κ3) is 7.46. The molecule has 8 nitrogen and oxygen atoms in total. The summed E-state index contributed by atoms with van der Waals surface area (Å²) in [6.07, 6.45) is 0.520. The molecule has 0 saturated heterocycles. The standard InChI is InChI=1S/C19H26N4O4/c1-12(2)8-15(10-17(24)23-27)18(25)22-16(19(26)21-3)9-13-4-6-14(11-20)7-5-13/h4-7,12,15-16,27H,8-10H2,1-3H3,(H,21,26)(H,22,25)(H,23,24). The number of nitrogens with zero attached hydrogens (tertiary/aromatic N) is 1. The average Bonchev–Trinajstić information content (AvgIpc) is 2.66. The van der Waals surface area contributed by atoms with Crippen LogP contribution in [0.25, 0.3) is 0 Å². The van der Waals surface area contributed by atoms with Crippen LogP contribution in [0.2, 0.25) is 0 Å². The van der Waals surface area contributed by atoms with Crippen LogP contribution in [-0.4, -0.2) is 36.0 Å². The van der Waals surface area contributed by atoms with E-state index in [0.717, 1.165) is 5.56 Å². The molecule has 1 rings (SSSR count). The third-order valence-electron chi connectivity index (χ3n) is 4.09. The summed E-state index contributed by atoms with van der Waals surface area (Å²) in [4.78, 5) is 36.3. The van der Waals surface area contributed by atoms with E-state index in [1.807, 2.05) is 19.9 Å². The Morgan fingerprint density at radius 2 is 1.78 bits per heavy atom. The molecule has 146 valence electrons. The molecule has 0 spiro atoms. The molecule has 4 N–H and O–H groups in total. The lowest BCUT2D eigenvalue weighted by atomic mass is 9.92. The van der Waals surface area contributed by atoms with Crippen LogP contribution in [0.15, 0.2) is 24.3 Å². The van der Waals surface area contributed by atoms with Gasteiger partial charge in [0.25, 0.3) is 0 Å². The van der Waals surface area contributed by atoms with Crippen LogP contribution < -0.4 is 16.1 Å². The summed E-state index contributed by atoms with van der Waals surface area (Å²) < 4.78 is 0. The molecular weight excluding hydrogens is 348 g/mol. The largest absolute Gasteiger partial charge is 0.357 e. The molecule has 0 aliphatic rings. The molecule has 0 aliphatic carbocycles. The van der Waals surface area contributed by atoms with Gasteiger partial charge in [0.1, 0.15) is 6.04 Å². The van der Waals surface area contributed by atoms with E-state index in [4.69, 9.17) is 10.5 Å². The van der Waals surface area contributed by atoms with Gasteiger partial charge in [-0.05, 0) is 30.0 Å². The Bertz CT molecular complexity index is 695. The number of hydrogen-bond acceptors (Lipinski definition) is 5. The van der Waals surface area contributed by atoms with Crippen molar-refractivity contribution in [2.45, 2.75) is 39.2 Å². The van der Waals surface area contributed by atoms with E-state index in [1.165, 1.54) is 12.5 Å². The zero-order chi connectivity index (χ0) is 20.4. The molecule has 0 aromatic heterocycles. The number of nitriles is 1. The molecule has 1 aromatic carbocycles. The van der Waals surface area contributed by atoms with Crippen LogP contribution >= 0.6 is 0 Å². The first-order valence-corrected chi connectivity index (χ1v) is 8.74. The van der Waals surface area contributed by atoms with Gasteiger partial charge in [0.05, 0.1) is 11.6 Å². The molecule has 0 saturated carbocycles. The fourth-order valence-electron chi connectivity index (χ4n) is 2.75. The SMILES string of the molecule is CNC(=O)C(Cc1ccc(C#N)cc1)NC(=O)C(CC(=O)NO)CC(C)C. The third-order valence-corrected chi connectivity index (χ3v) is 4.09. The molecule has 1 aromatic rings. The van der Waals surface area contributed by atoms with E-state index < -0.39 is 23.8 Å². The van der Waals surface area contributed by atoms with E-state index in [2.05, 4.69) is 10.6 Å². The van der Waals surface area contributed by atoms with Gasteiger partial charge in [0.15, 0.2) is 0 Å². The van der Waals surface area contributed by atoms with Crippen molar-refractivity contribution in [1.29, 1.82) is 5.26 Å². The number of carbonyl (C=O) groups is 3. The topological polar surface area (TPSA) is 131 Å². The first-order valence-electron chi connectivity index (χ1n) is 8.74. The minimum absolute atomic E-state index is 0.157. The Morgan fingerprint density at radius 3 is 2.26 bits per heavy atom. The lowest BCUT2D eigenvalue weighted by molar-refractivity contribution is -0.136. The fraction of sp³-hybridized carbons (Fsp3) is 0.474. The van der Waals surface area contributed by atoms with E-state index >= 15 is 0 Å². The quantitative estimate of drug-likeness (QED) is 0.376. The maximum absolute atomic E-state index is 12.7. The molecule has 0 heterocycles. The number of hydrogen-bond donors (Lipinski definition) is 4. The smallest absolute Gasteiger partial charge is 0.244 e. The number of amides is 3. The van der Waals surface area contributed by atoms with E-state index in [0.29, 0.717) is 12.0 Å². The molecule has 2 atom stereocenters. The lowest BCUT2D eigenvalue weighted by Gasteiger charge is -2.22. The Kier molecular flexibility index (Phi) is 8.96. The van der Waals surface area contributed by atoms with Gasteiger partial charge in [-0.2, -0.15) is 5.26 Å². The number of nitrogens with one attached hydrogen (secondary N) is 3. The molecule has 2 unspecified atom stereocenters. The van der Waals surface area contributed by atoms with Crippen molar-refractivity contribution in [2.24, 2.45) is 11.8 Å². The highest BCUT2D eigenvalue weighted by Gasteiger charge is 2.27. The van der Waals surface area contributed by atoms with Gasteiger partial charge < -0.3 is 10.6 Å². The monoisotopic (exact) mass is 374 g/mol. The van der Waals surface area contributed by atoms with Crippen molar-refractivity contribution in [2.75, 3.05) is 7.05 Å². The second kappa shape index (κ2) is 10.9. The highest BCUT2D eigenvalue weighted by molar-refractivity contribution is 5.90. The summed E-state index contributed by atoms with van der Waals surface area (Å²) in [6, 6.07) is 7.95. The zero-order valence-electron chi connectivity index (χ0n) is 15.8. The molecule has 8 heteroatoms. The molecule has 0 bridgehead atoms. The summed E-state index contributed by atoms with van der Waals surface area (Å²) in [5.41, 5.74) is 2.83. The van der Waals surface area contributed by atoms with Crippen molar-refractivity contribution < 1.29 is 19.6 Å². The van der Waals surface area contributed by atoms with Crippen LogP contribution in [0.5, 0.6) is 0 Å². The number of likely N-dealkylation sites (N-methyl/N-ethyl adjacent to an activating group) is 1. The highest BCUT2D eigenvalue weighted by atomic mass is 16.5. The van der Waals surface area contributed by atoms with Gasteiger partial charge in [-0.1, -0.05) is 26.0 Å². The van der Waals surface area contributed by atoms with Gasteiger partial charge in [-0.3, -0.25) is 19.6 Å². The van der Waals surface area contributed by atoms with Crippen molar-refractivity contribution in [1.82, 2.24) is 16.1 Å². The van der Waals surface area contributed by atoms with Crippen LogP contribution in [-0.2, 0) is 20.8 Å². The second-order valence-corrected chi connectivity index (χ2v) is 6.75. The molecule has 3 amide bonds. The summed E-state index contributed by atoms with van der Waals surface area (Å²) in [7, 11) is 1.48. The first kappa shape index (κ1) is 22.1. The predicted octanol–water partition coefficient (Wildman–Crippen LogP) is 0.889. The van der Waals surface area contributed by atoms with Crippen molar-refractivity contribution in [3.63, 3.8) is 0 Å². The summed E-state index contributed by atoms with van der Waals surface area (Å²) in [5.74, 6) is -1.94. The zero-order valence-corrected chi connectivity index (χ0v) is 15.8. The second-order valence-electron chi connectivity index (χ2n) is 6.75. The van der Waals surface area contributed by atoms with Gasteiger partial charge >= 0.3 is 0 Å². The predicted molar refractivity (Wildman–Crippen MR) is 98.3 cm³/mol.